The minimum Gasteiger partial charge on any atom is -0.354 e. The second kappa shape index (κ2) is 5.13. The van der Waals surface area contributed by atoms with E-state index in [-0.39, 0.29) is 11.9 Å². The number of hydrogen-bond acceptors (Lipinski definition) is 2. The number of amides is 1. The van der Waals surface area contributed by atoms with E-state index in [2.05, 4.69) is 10.2 Å². The van der Waals surface area contributed by atoms with Gasteiger partial charge >= 0.3 is 0 Å². The topological polar surface area (TPSA) is 32.3 Å². The van der Waals surface area contributed by atoms with Gasteiger partial charge in [0, 0.05) is 13.0 Å². The summed E-state index contributed by atoms with van der Waals surface area (Å²) >= 11 is 0. The molecule has 3 nitrogen and oxygen atoms in total. The second-order valence-electron chi connectivity index (χ2n) is 3.19. The van der Waals surface area contributed by atoms with E-state index in [4.69, 9.17) is 0 Å². The molecule has 1 unspecified atom stereocenters. The first-order valence-electron chi connectivity index (χ1n) is 3.94. The van der Waals surface area contributed by atoms with Crippen LogP contribution in [0.5, 0.6) is 0 Å². The number of hydrogen-bond donors (Lipinski definition) is 1. The van der Waals surface area contributed by atoms with E-state index in [1.165, 1.54) is 0 Å². The van der Waals surface area contributed by atoms with Crippen LogP contribution in [-0.2, 0) is 4.79 Å². The van der Waals surface area contributed by atoms with Crippen molar-refractivity contribution < 1.29 is 4.79 Å². The van der Waals surface area contributed by atoms with Gasteiger partial charge in [0.05, 0.1) is 0 Å². The van der Waals surface area contributed by atoms with Gasteiger partial charge in [-0.2, -0.15) is 0 Å². The SMILES string of the molecule is CC(=O)NC(C)CCN(C)C. The van der Waals surface area contributed by atoms with Crippen LogP contribution in [0.15, 0.2) is 0 Å². The molecule has 11 heavy (non-hydrogen) atoms. The molecular weight excluding hydrogens is 140 g/mol. The van der Waals surface area contributed by atoms with Gasteiger partial charge in [-0.15, -0.1) is 0 Å². The number of carbonyl (C=O) groups excluding carboxylic acids is 1. The molecule has 0 aromatic rings. The van der Waals surface area contributed by atoms with Crippen molar-refractivity contribution >= 4 is 5.91 Å². The van der Waals surface area contributed by atoms with E-state index in [1.54, 1.807) is 6.92 Å². The molecule has 0 fully saturated rings. The average molecular weight is 158 g/mol. The Labute approximate surface area is 68.8 Å². The van der Waals surface area contributed by atoms with Gasteiger partial charge in [0.1, 0.15) is 0 Å². The second-order valence-corrected chi connectivity index (χ2v) is 3.19. The van der Waals surface area contributed by atoms with E-state index in [0.717, 1.165) is 13.0 Å². The Hall–Kier alpha value is -0.570. The minimum absolute atomic E-state index is 0.0521. The summed E-state index contributed by atoms with van der Waals surface area (Å²) in [6.07, 6.45) is 1.01. The molecule has 3 heteroatoms. The molecular formula is C8H18N2O. The van der Waals surface area contributed by atoms with Crippen molar-refractivity contribution in [2.75, 3.05) is 20.6 Å². The minimum atomic E-state index is 0.0521. The fourth-order valence-electron chi connectivity index (χ4n) is 0.871. The Morgan fingerprint density at radius 2 is 2.09 bits per heavy atom. The summed E-state index contributed by atoms with van der Waals surface area (Å²) in [5, 5.41) is 2.83. The van der Waals surface area contributed by atoms with Gasteiger partial charge in [-0.1, -0.05) is 0 Å². The summed E-state index contributed by atoms with van der Waals surface area (Å²) in [7, 11) is 4.06. The molecule has 0 saturated heterocycles. The number of rotatable bonds is 4. The molecule has 1 N–H and O–H groups in total. The summed E-state index contributed by atoms with van der Waals surface area (Å²) in [5.41, 5.74) is 0. The number of nitrogens with zero attached hydrogens (tertiary/aromatic N) is 1. The third-order valence-corrected chi connectivity index (χ3v) is 1.46. The molecule has 1 amide bonds. The fourth-order valence-corrected chi connectivity index (χ4v) is 0.871. The molecule has 0 spiro atoms. The molecule has 0 aromatic heterocycles. The van der Waals surface area contributed by atoms with Crippen LogP contribution in [0.2, 0.25) is 0 Å². The van der Waals surface area contributed by atoms with E-state index in [9.17, 15) is 4.79 Å². The van der Waals surface area contributed by atoms with Crippen molar-refractivity contribution in [2.24, 2.45) is 0 Å². The van der Waals surface area contributed by atoms with E-state index < -0.39 is 0 Å². The summed E-state index contributed by atoms with van der Waals surface area (Å²) < 4.78 is 0. The monoisotopic (exact) mass is 158 g/mol. The Bertz CT molecular complexity index is 123. The molecule has 0 radical (unpaired) electrons. The summed E-state index contributed by atoms with van der Waals surface area (Å²) in [6, 6.07) is 0.287. The first-order valence-corrected chi connectivity index (χ1v) is 3.94. The third-order valence-electron chi connectivity index (χ3n) is 1.46. The lowest BCUT2D eigenvalue weighted by Gasteiger charge is -2.15. The van der Waals surface area contributed by atoms with Crippen molar-refractivity contribution in [3.8, 4) is 0 Å². The van der Waals surface area contributed by atoms with Gasteiger partial charge in [-0.25, -0.2) is 0 Å². The van der Waals surface area contributed by atoms with Crippen LogP contribution in [0.4, 0.5) is 0 Å². The highest BCUT2D eigenvalue weighted by Gasteiger charge is 2.02. The van der Waals surface area contributed by atoms with E-state index in [0.29, 0.717) is 0 Å². The van der Waals surface area contributed by atoms with Gasteiger partial charge in [0.25, 0.3) is 0 Å². The summed E-state index contributed by atoms with van der Waals surface area (Å²) in [4.78, 5) is 12.7. The zero-order chi connectivity index (χ0) is 8.85. The van der Waals surface area contributed by atoms with Crippen LogP contribution >= 0.6 is 0 Å². The molecule has 0 aliphatic rings. The predicted octanol–water partition coefficient (Wildman–Crippen LogP) is 0.463. The molecule has 0 saturated carbocycles. The standard InChI is InChI=1S/C8H18N2O/c1-7(9-8(2)11)5-6-10(3)4/h7H,5-6H2,1-4H3,(H,9,11). The zero-order valence-electron chi connectivity index (χ0n) is 7.85. The summed E-state index contributed by atoms with van der Waals surface area (Å²) in [6.45, 7) is 4.58. The van der Waals surface area contributed by atoms with Crippen LogP contribution < -0.4 is 5.32 Å². The van der Waals surface area contributed by atoms with E-state index in [1.807, 2.05) is 21.0 Å². The van der Waals surface area contributed by atoms with Crippen LogP contribution in [-0.4, -0.2) is 37.5 Å². The summed E-state index contributed by atoms with van der Waals surface area (Å²) in [5.74, 6) is 0.0521. The maximum absolute atomic E-state index is 10.6. The average Bonchev–Trinajstić information content (AvgIpc) is 1.82. The van der Waals surface area contributed by atoms with Crippen molar-refractivity contribution in [2.45, 2.75) is 26.3 Å². The lowest BCUT2D eigenvalue weighted by atomic mass is 10.2. The number of carbonyl (C=O) groups is 1. The Balaban J connectivity index is 3.37. The van der Waals surface area contributed by atoms with Gasteiger partial charge in [0.15, 0.2) is 0 Å². The molecule has 0 aliphatic heterocycles. The smallest absolute Gasteiger partial charge is 0.217 e. The van der Waals surface area contributed by atoms with Crippen molar-refractivity contribution in [1.29, 1.82) is 0 Å². The highest BCUT2D eigenvalue weighted by atomic mass is 16.1. The van der Waals surface area contributed by atoms with Crippen LogP contribution in [0, 0.1) is 0 Å². The van der Waals surface area contributed by atoms with Crippen LogP contribution in [0.25, 0.3) is 0 Å². The molecule has 0 bridgehead atoms. The maximum Gasteiger partial charge on any atom is 0.217 e. The van der Waals surface area contributed by atoms with Crippen LogP contribution in [0.3, 0.4) is 0 Å². The van der Waals surface area contributed by atoms with Gasteiger partial charge in [0.2, 0.25) is 5.91 Å². The van der Waals surface area contributed by atoms with E-state index >= 15 is 0 Å². The Kier molecular flexibility index (Phi) is 4.86. The zero-order valence-corrected chi connectivity index (χ0v) is 7.85. The van der Waals surface area contributed by atoms with Crippen molar-refractivity contribution in [3.05, 3.63) is 0 Å². The molecule has 0 heterocycles. The largest absolute Gasteiger partial charge is 0.354 e. The molecule has 0 rings (SSSR count). The highest BCUT2D eigenvalue weighted by Crippen LogP contribution is 1.91. The molecule has 66 valence electrons. The Morgan fingerprint density at radius 1 is 1.55 bits per heavy atom. The van der Waals surface area contributed by atoms with Crippen molar-refractivity contribution in [3.63, 3.8) is 0 Å². The fraction of sp³-hybridized carbons (Fsp3) is 0.875. The number of nitrogens with one attached hydrogen (secondary N) is 1. The predicted molar refractivity (Wildman–Crippen MR) is 46.4 cm³/mol. The Morgan fingerprint density at radius 3 is 2.45 bits per heavy atom. The lowest BCUT2D eigenvalue weighted by molar-refractivity contribution is -0.119. The first-order chi connectivity index (χ1) is 5.02. The van der Waals surface area contributed by atoms with Gasteiger partial charge in [-0.05, 0) is 34.0 Å². The third kappa shape index (κ3) is 7.33. The normalized spacial score (nSPS) is 13.2. The first kappa shape index (κ1) is 10.4. The molecule has 1 atom stereocenters. The highest BCUT2D eigenvalue weighted by molar-refractivity contribution is 5.73. The molecule has 0 aliphatic carbocycles. The van der Waals surface area contributed by atoms with Crippen molar-refractivity contribution in [1.82, 2.24) is 10.2 Å². The van der Waals surface area contributed by atoms with Gasteiger partial charge < -0.3 is 10.2 Å². The van der Waals surface area contributed by atoms with Crippen LogP contribution in [0.1, 0.15) is 20.3 Å². The van der Waals surface area contributed by atoms with Gasteiger partial charge in [-0.3, -0.25) is 4.79 Å². The lowest BCUT2D eigenvalue weighted by Crippen LogP contribution is -2.32. The molecule has 0 aromatic carbocycles. The maximum atomic E-state index is 10.6. The quantitative estimate of drug-likeness (QED) is 0.644.